The van der Waals surface area contributed by atoms with Gasteiger partial charge in [0.2, 0.25) is 0 Å². The quantitative estimate of drug-likeness (QED) is 0.576. The molecule has 31 heavy (non-hydrogen) atoms. The summed E-state index contributed by atoms with van der Waals surface area (Å²) in [6.07, 6.45) is 0.824. The van der Waals surface area contributed by atoms with Crippen LogP contribution < -0.4 is 10.0 Å². The zero-order valence-corrected chi connectivity index (χ0v) is 18.5. The van der Waals surface area contributed by atoms with Gasteiger partial charge in [-0.05, 0) is 49.8 Å². The van der Waals surface area contributed by atoms with E-state index in [-0.39, 0.29) is 22.1 Å². The second-order valence-corrected chi connectivity index (χ2v) is 9.18. The Balaban J connectivity index is 1.52. The van der Waals surface area contributed by atoms with Gasteiger partial charge in [0.15, 0.2) is 0 Å². The molecular formula is C22H29FN4O3S. The highest BCUT2D eigenvalue weighted by atomic mass is 32.2. The van der Waals surface area contributed by atoms with Crippen LogP contribution >= 0.6 is 0 Å². The zero-order chi connectivity index (χ0) is 22.3. The Kier molecular flexibility index (Phi) is 8.00. The summed E-state index contributed by atoms with van der Waals surface area (Å²) in [5.41, 5.74) is 0.102. The number of amides is 1. The summed E-state index contributed by atoms with van der Waals surface area (Å²) in [6.45, 7) is 8.90. The summed E-state index contributed by atoms with van der Waals surface area (Å²) in [7, 11) is -4.02. The molecule has 1 amide bonds. The van der Waals surface area contributed by atoms with Crippen molar-refractivity contribution >= 4 is 21.6 Å². The van der Waals surface area contributed by atoms with Crippen molar-refractivity contribution in [3.63, 3.8) is 0 Å². The predicted octanol–water partition coefficient (Wildman–Crippen LogP) is 2.38. The average molecular weight is 449 g/mol. The van der Waals surface area contributed by atoms with Crippen LogP contribution in [-0.4, -0.2) is 69.9 Å². The number of hydrogen-bond donors (Lipinski definition) is 2. The average Bonchev–Trinajstić information content (AvgIpc) is 2.78. The third kappa shape index (κ3) is 6.49. The number of nitrogens with zero attached hydrogens (tertiary/aromatic N) is 2. The molecule has 2 aromatic rings. The lowest BCUT2D eigenvalue weighted by molar-refractivity contribution is 0.0948. The molecule has 1 fully saturated rings. The number of hydrogen-bond acceptors (Lipinski definition) is 5. The zero-order valence-electron chi connectivity index (χ0n) is 17.7. The summed E-state index contributed by atoms with van der Waals surface area (Å²) in [4.78, 5) is 17.2. The molecule has 1 heterocycles. The monoisotopic (exact) mass is 448 g/mol. The Labute approximate surface area is 183 Å². The normalized spacial score (nSPS) is 15.5. The van der Waals surface area contributed by atoms with E-state index >= 15 is 0 Å². The van der Waals surface area contributed by atoms with E-state index in [0.717, 1.165) is 45.7 Å². The van der Waals surface area contributed by atoms with Gasteiger partial charge in [-0.3, -0.25) is 9.52 Å². The number of nitrogens with one attached hydrogen (secondary N) is 2. The van der Waals surface area contributed by atoms with E-state index in [4.69, 9.17) is 0 Å². The number of piperazine rings is 1. The number of benzene rings is 2. The Hall–Kier alpha value is -2.49. The van der Waals surface area contributed by atoms with Gasteiger partial charge < -0.3 is 15.1 Å². The smallest absolute Gasteiger partial charge is 0.262 e. The Morgan fingerprint density at radius 1 is 1.03 bits per heavy atom. The van der Waals surface area contributed by atoms with Crippen molar-refractivity contribution in [3.8, 4) is 0 Å². The van der Waals surface area contributed by atoms with Gasteiger partial charge in [0.25, 0.3) is 15.9 Å². The highest BCUT2D eigenvalue weighted by molar-refractivity contribution is 7.92. The minimum Gasteiger partial charge on any atom is -0.352 e. The maximum Gasteiger partial charge on any atom is 0.262 e. The predicted molar refractivity (Wildman–Crippen MR) is 119 cm³/mol. The molecule has 0 aliphatic carbocycles. The second kappa shape index (κ2) is 10.7. The number of halogens is 1. The number of rotatable bonds is 9. The highest BCUT2D eigenvalue weighted by Gasteiger charge is 2.18. The summed E-state index contributed by atoms with van der Waals surface area (Å²) in [6, 6.07) is 11.2. The molecule has 0 saturated carbocycles. The molecule has 1 aliphatic heterocycles. The molecule has 168 valence electrons. The van der Waals surface area contributed by atoms with Gasteiger partial charge in [0.1, 0.15) is 5.82 Å². The fourth-order valence-corrected chi connectivity index (χ4v) is 4.60. The first-order valence-electron chi connectivity index (χ1n) is 10.5. The third-order valence-corrected chi connectivity index (χ3v) is 6.74. The van der Waals surface area contributed by atoms with Crippen LogP contribution in [0.4, 0.5) is 10.1 Å². The molecule has 9 heteroatoms. The Morgan fingerprint density at radius 2 is 1.74 bits per heavy atom. The van der Waals surface area contributed by atoms with Crippen molar-refractivity contribution in [2.75, 3.05) is 50.5 Å². The van der Waals surface area contributed by atoms with Crippen molar-refractivity contribution in [1.29, 1.82) is 0 Å². The van der Waals surface area contributed by atoms with Gasteiger partial charge in [0.05, 0.1) is 10.6 Å². The number of anilines is 1. The van der Waals surface area contributed by atoms with E-state index in [1.165, 1.54) is 42.5 Å². The first-order chi connectivity index (χ1) is 14.9. The lowest BCUT2D eigenvalue weighted by Gasteiger charge is -2.33. The van der Waals surface area contributed by atoms with Crippen molar-refractivity contribution in [1.82, 2.24) is 15.1 Å². The van der Waals surface area contributed by atoms with Crippen LogP contribution in [0.2, 0.25) is 0 Å². The molecule has 0 radical (unpaired) electrons. The standard InChI is InChI=1S/C22H29FN4O3S/c1-2-26-13-15-27(16-14-26)12-6-11-24-22(28)18-7-5-8-19(17-18)31(29,30)25-21-10-4-3-9-20(21)23/h3-5,7-10,17,25H,2,6,11-16H2,1H3,(H,24,28). The maximum atomic E-state index is 13.8. The molecule has 0 atom stereocenters. The molecular weight excluding hydrogens is 419 g/mol. The van der Waals surface area contributed by atoms with Crippen LogP contribution in [0.5, 0.6) is 0 Å². The molecule has 7 nitrogen and oxygen atoms in total. The topological polar surface area (TPSA) is 81.8 Å². The van der Waals surface area contributed by atoms with Crippen molar-refractivity contribution in [2.45, 2.75) is 18.2 Å². The van der Waals surface area contributed by atoms with Gasteiger partial charge >= 0.3 is 0 Å². The van der Waals surface area contributed by atoms with Crippen LogP contribution in [0.1, 0.15) is 23.7 Å². The molecule has 0 bridgehead atoms. The van der Waals surface area contributed by atoms with Crippen LogP contribution in [0.15, 0.2) is 53.4 Å². The van der Waals surface area contributed by atoms with Crippen LogP contribution in [0.3, 0.4) is 0 Å². The molecule has 0 spiro atoms. The van der Waals surface area contributed by atoms with E-state index in [1.54, 1.807) is 6.07 Å². The first-order valence-corrected chi connectivity index (χ1v) is 12.0. The number of likely N-dealkylation sites (N-methyl/N-ethyl adjacent to an activating group) is 1. The first kappa shape index (κ1) is 23.2. The molecule has 2 N–H and O–H groups in total. The molecule has 3 rings (SSSR count). The van der Waals surface area contributed by atoms with Gasteiger partial charge in [-0.1, -0.05) is 25.1 Å². The molecule has 2 aromatic carbocycles. The number of para-hydroxylation sites is 1. The van der Waals surface area contributed by atoms with Crippen LogP contribution in [0, 0.1) is 5.82 Å². The van der Waals surface area contributed by atoms with Crippen molar-refractivity contribution in [3.05, 3.63) is 59.9 Å². The number of sulfonamides is 1. The van der Waals surface area contributed by atoms with Crippen molar-refractivity contribution < 1.29 is 17.6 Å². The fraction of sp³-hybridized carbons (Fsp3) is 0.409. The summed E-state index contributed by atoms with van der Waals surface area (Å²) in [5.74, 6) is -1.00. The molecule has 0 unspecified atom stereocenters. The van der Waals surface area contributed by atoms with Crippen molar-refractivity contribution in [2.24, 2.45) is 0 Å². The number of carbonyl (C=O) groups excluding carboxylic acids is 1. The lowest BCUT2D eigenvalue weighted by atomic mass is 10.2. The Bertz CT molecular complexity index is 992. The van der Waals surface area contributed by atoms with Gasteiger partial charge in [0, 0.05) is 38.3 Å². The summed E-state index contributed by atoms with van der Waals surface area (Å²) in [5, 5.41) is 2.84. The van der Waals surface area contributed by atoms with E-state index < -0.39 is 15.8 Å². The fourth-order valence-electron chi connectivity index (χ4n) is 3.49. The maximum absolute atomic E-state index is 13.8. The molecule has 1 aliphatic rings. The minimum absolute atomic E-state index is 0.0998. The van der Waals surface area contributed by atoms with E-state index in [2.05, 4.69) is 26.8 Å². The van der Waals surface area contributed by atoms with E-state index in [1.807, 2.05) is 0 Å². The van der Waals surface area contributed by atoms with E-state index in [9.17, 15) is 17.6 Å². The van der Waals surface area contributed by atoms with Gasteiger partial charge in [-0.25, -0.2) is 12.8 Å². The largest absolute Gasteiger partial charge is 0.352 e. The minimum atomic E-state index is -4.02. The van der Waals surface area contributed by atoms with Crippen LogP contribution in [0.25, 0.3) is 0 Å². The molecule has 1 saturated heterocycles. The third-order valence-electron chi connectivity index (χ3n) is 5.37. The highest BCUT2D eigenvalue weighted by Crippen LogP contribution is 2.19. The molecule has 0 aromatic heterocycles. The van der Waals surface area contributed by atoms with Gasteiger partial charge in [-0.2, -0.15) is 0 Å². The van der Waals surface area contributed by atoms with E-state index in [0.29, 0.717) is 6.54 Å². The summed E-state index contributed by atoms with van der Waals surface area (Å²) >= 11 is 0. The van der Waals surface area contributed by atoms with Crippen LogP contribution in [-0.2, 0) is 10.0 Å². The van der Waals surface area contributed by atoms with Gasteiger partial charge in [-0.15, -0.1) is 0 Å². The SMILES string of the molecule is CCN1CCN(CCCNC(=O)c2cccc(S(=O)(=O)Nc3ccccc3F)c2)CC1. The number of carbonyl (C=O) groups is 1. The Morgan fingerprint density at radius 3 is 2.45 bits per heavy atom. The lowest BCUT2D eigenvalue weighted by Crippen LogP contribution is -2.46. The summed E-state index contributed by atoms with van der Waals surface area (Å²) < 4.78 is 41.2. The second-order valence-electron chi connectivity index (χ2n) is 7.50.